The second-order valence-corrected chi connectivity index (χ2v) is 8.06. The number of amides is 2. The molecular formula is C24H28N2O5. The van der Waals surface area contributed by atoms with Crippen molar-refractivity contribution in [1.29, 1.82) is 0 Å². The van der Waals surface area contributed by atoms with Gasteiger partial charge < -0.3 is 20.5 Å². The summed E-state index contributed by atoms with van der Waals surface area (Å²) in [5.74, 6) is -1.78. The molecule has 2 aromatic carbocycles. The number of carboxylic acid groups (broad SMARTS) is 1. The molecule has 2 atom stereocenters. The van der Waals surface area contributed by atoms with Crippen LogP contribution in [0.1, 0.15) is 37.3 Å². The van der Waals surface area contributed by atoms with E-state index in [0.29, 0.717) is 0 Å². The Morgan fingerprint density at radius 2 is 1.52 bits per heavy atom. The number of carbonyl (C=O) groups excluding carboxylic acids is 2. The van der Waals surface area contributed by atoms with E-state index in [-0.39, 0.29) is 43.9 Å². The number of alkyl carbamates (subject to hydrolysis) is 1. The topological polar surface area (TPSA) is 105 Å². The van der Waals surface area contributed by atoms with E-state index in [1.54, 1.807) is 13.8 Å². The third-order valence-corrected chi connectivity index (χ3v) is 5.49. The quantitative estimate of drug-likeness (QED) is 0.572. The van der Waals surface area contributed by atoms with Crippen molar-refractivity contribution in [3.63, 3.8) is 0 Å². The summed E-state index contributed by atoms with van der Waals surface area (Å²) in [5, 5.41) is 14.1. The van der Waals surface area contributed by atoms with Crippen LogP contribution in [0, 0.1) is 11.8 Å². The lowest BCUT2D eigenvalue weighted by atomic mass is 9.98. The van der Waals surface area contributed by atoms with Crippen LogP contribution in [0.2, 0.25) is 0 Å². The Kier molecular flexibility index (Phi) is 7.28. The van der Waals surface area contributed by atoms with E-state index in [0.717, 1.165) is 22.3 Å². The highest BCUT2D eigenvalue weighted by Gasteiger charge is 2.29. The van der Waals surface area contributed by atoms with Crippen LogP contribution >= 0.6 is 0 Å². The van der Waals surface area contributed by atoms with Gasteiger partial charge in [0.1, 0.15) is 6.61 Å². The predicted molar refractivity (Wildman–Crippen MR) is 117 cm³/mol. The van der Waals surface area contributed by atoms with Crippen LogP contribution in [0.15, 0.2) is 48.5 Å². The van der Waals surface area contributed by atoms with Crippen molar-refractivity contribution in [2.45, 2.75) is 26.2 Å². The lowest BCUT2D eigenvalue weighted by Crippen LogP contribution is -2.39. The predicted octanol–water partition coefficient (Wildman–Crippen LogP) is 3.39. The third-order valence-electron chi connectivity index (χ3n) is 5.49. The van der Waals surface area contributed by atoms with E-state index in [1.165, 1.54) is 0 Å². The molecule has 7 nitrogen and oxygen atoms in total. The van der Waals surface area contributed by atoms with Crippen molar-refractivity contribution in [2.24, 2.45) is 11.8 Å². The van der Waals surface area contributed by atoms with Crippen molar-refractivity contribution < 1.29 is 24.2 Å². The van der Waals surface area contributed by atoms with Crippen LogP contribution in [0.4, 0.5) is 4.79 Å². The molecule has 1 aliphatic rings. The summed E-state index contributed by atoms with van der Waals surface area (Å²) in [6.07, 6.45) is -0.576. The Labute approximate surface area is 181 Å². The summed E-state index contributed by atoms with van der Waals surface area (Å²) in [6.45, 7) is 4.08. The number of carboxylic acids is 1. The van der Waals surface area contributed by atoms with Gasteiger partial charge in [0.15, 0.2) is 0 Å². The Balaban J connectivity index is 1.46. The fourth-order valence-corrected chi connectivity index (χ4v) is 3.80. The summed E-state index contributed by atoms with van der Waals surface area (Å²) in [4.78, 5) is 35.0. The van der Waals surface area contributed by atoms with Gasteiger partial charge in [-0.2, -0.15) is 0 Å². The first-order chi connectivity index (χ1) is 14.9. The van der Waals surface area contributed by atoms with Gasteiger partial charge in [-0.05, 0) is 28.2 Å². The third kappa shape index (κ3) is 5.63. The van der Waals surface area contributed by atoms with Crippen LogP contribution in [-0.2, 0) is 14.3 Å². The number of aliphatic carboxylic acids is 1. The van der Waals surface area contributed by atoms with Crippen LogP contribution in [0.3, 0.4) is 0 Å². The minimum absolute atomic E-state index is 0.00728. The molecule has 164 valence electrons. The van der Waals surface area contributed by atoms with E-state index < -0.39 is 18.0 Å². The highest BCUT2D eigenvalue weighted by Crippen LogP contribution is 2.44. The van der Waals surface area contributed by atoms with Gasteiger partial charge in [0.05, 0.1) is 5.92 Å². The molecule has 0 saturated heterocycles. The summed E-state index contributed by atoms with van der Waals surface area (Å²) < 4.78 is 5.46. The van der Waals surface area contributed by atoms with E-state index in [1.807, 2.05) is 24.3 Å². The lowest BCUT2D eigenvalue weighted by molar-refractivity contribution is -0.138. The van der Waals surface area contributed by atoms with E-state index in [4.69, 9.17) is 9.84 Å². The summed E-state index contributed by atoms with van der Waals surface area (Å²) in [7, 11) is 0. The molecule has 0 bridgehead atoms. The average molecular weight is 424 g/mol. The number of carbonyl (C=O) groups is 3. The maximum absolute atomic E-state index is 12.2. The number of ether oxygens (including phenoxy) is 1. The summed E-state index contributed by atoms with van der Waals surface area (Å²) in [6, 6.07) is 16.2. The fraction of sp³-hybridized carbons (Fsp3) is 0.375. The van der Waals surface area contributed by atoms with Crippen LogP contribution in [-0.4, -0.2) is 42.8 Å². The molecule has 0 aromatic heterocycles. The van der Waals surface area contributed by atoms with Crippen molar-refractivity contribution >= 4 is 18.0 Å². The minimum atomic E-state index is -0.897. The first-order valence-electron chi connectivity index (χ1n) is 10.4. The Hall–Kier alpha value is -3.35. The van der Waals surface area contributed by atoms with Crippen molar-refractivity contribution in [3.05, 3.63) is 59.7 Å². The molecule has 3 N–H and O–H groups in total. The van der Waals surface area contributed by atoms with Gasteiger partial charge in [-0.1, -0.05) is 62.4 Å². The molecule has 7 heteroatoms. The second-order valence-electron chi connectivity index (χ2n) is 8.06. The van der Waals surface area contributed by atoms with Crippen LogP contribution in [0.25, 0.3) is 11.1 Å². The largest absolute Gasteiger partial charge is 0.481 e. The van der Waals surface area contributed by atoms with Crippen LogP contribution in [0.5, 0.6) is 0 Å². The van der Waals surface area contributed by atoms with Crippen LogP contribution < -0.4 is 10.6 Å². The molecular weight excluding hydrogens is 396 g/mol. The summed E-state index contributed by atoms with van der Waals surface area (Å²) >= 11 is 0. The molecule has 0 saturated carbocycles. The zero-order valence-corrected chi connectivity index (χ0v) is 17.8. The minimum Gasteiger partial charge on any atom is -0.481 e. The van der Waals surface area contributed by atoms with Crippen molar-refractivity contribution in [1.82, 2.24) is 10.6 Å². The molecule has 0 heterocycles. The molecule has 0 radical (unpaired) electrons. The van der Waals surface area contributed by atoms with Gasteiger partial charge in [-0.25, -0.2) is 4.79 Å². The van der Waals surface area contributed by atoms with Crippen molar-refractivity contribution in [3.8, 4) is 11.1 Å². The lowest BCUT2D eigenvalue weighted by Gasteiger charge is -2.17. The maximum Gasteiger partial charge on any atom is 0.407 e. The monoisotopic (exact) mass is 424 g/mol. The van der Waals surface area contributed by atoms with E-state index in [2.05, 4.69) is 34.9 Å². The van der Waals surface area contributed by atoms with Gasteiger partial charge in [0.2, 0.25) is 5.91 Å². The Morgan fingerprint density at radius 1 is 0.935 bits per heavy atom. The maximum atomic E-state index is 12.2. The van der Waals surface area contributed by atoms with Gasteiger partial charge in [-0.3, -0.25) is 9.59 Å². The number of benzene rings is 2. The fourth-order valence-electron chi connectivity index (χ4n) is 3.80. The van der Waals surface area contributed by atoms with E-state index in [9.17, 15) is 14.4 Å². The average Bonchev–Trinajstić information content (AvgIpc) is 3.07. The Morgan fingerprint density at radius 3 is 2.10 bits per heavy atom. The van der Waals surface area contributed by atoms with E-state index >= 15 is 0 Å². The molecule has 2 unspecified atom stereocenters. The van der Waals surface area contributed by atoms with Gasteiger partial charge in [-0.15, -0.1) is 0 Å². The molecule has 0 fully saturated rings. The number of hydrogen-bond donors (Lipinski definition) is 3. The number of hydrogen-bond acceptors (Lipinski definition) is 4. The molecule has 2 amide bonds. The SMILES string of the molecule is CC(CNC(=O)C(C)CNC(=O)OCC1c2ccccc2-c2ccccc21)CC(=O)O. The zero-order chi connectivity index (χ0) is 22.4. The van der Waals surface area contributed by atoms with Gasteiger partial charge in [0, 0.05) is 25.4 Å². The molecule has 0 aliphatic heterocycles. The van der Waals surface area contributed by atoms with Gasteiger partial charge in [0.25, 0.3) is 0 Å². The molecule has 31 heavy (non-hydrogen) atoms. The molecule has 3 rings (SSSR count). The molecule has 0 spiro atoms. The van der Waals surface area contributed by atoms with Gasteiger partial charge >= 0.3 is 12.1 Å². The standard InChI is InChI=1S/C24H28N2O5/c1-15(11-22(27)28)12-25-23(29)16(2)13-26-24(30)31-14-21-19-9-5-3-7-17(19)18-8-4-6-10-20(18)21/h3-10,15-16,21H,11-14H2,1-2H3,(H,25,29)(H,26,30)(H,27,28). The molecule has 1 aliphatic carbocycles. The highest BCUT2D eigenvalue weighted by atomic mass is 16.5. The Bertz CT molecular complexity index is 913. The van der Waals surface area contributed by atoms with Crippen molar-refractivity contribution in [2.75, 3.05) is 19.7 Å². The summed E-state index contributed by atoms with van der Waals surface area (Å²) in [5.41, 5.74) is 4.60. The first kappa shape index (κ1) is 22.3. The molecule has 2 aromatic rings. The second kappa shape index (κ2) is 10.1. The highest BCUT2D eigenvalue weighted by molar-refractivity contribution is 5.80. The number of rotatable bonds is 9. The normalized spacial score (nSPS) is 14.1. The zero-order valence-electron chi connectivity index (χ0n) is 17.8. The number of fused-ring (bicyclic) bond motifs is 3. The number of nitrogens with one attached hydrogen (secondary N) is 2. The smallest absolute Gasteiger partial charge is 0.407 e. The first-order valence-corrected chi connectivity index (χ1v) is 10.4.